The Morgan fingerprint density at radius 3 is 2.24 bits per heavy atom. The molecule has 15 nitrogen and oxygen atoms in total. The molecule has 1 aromatic heterocycles. The SMILES string of the molecule is C=CCN1CCN([C@@H](CC2CC2)c2ccc([C@H](C)Nc3ncc4c(n3)N(CC)C(=O)OC4)cc2)CC1.O=S(=O)(O)OS(=O)(=O)O. The van der Waals surface area contributed by atoms with Crippen molar-refractivity contribution in [2.24, 2.45) is 5.92 Å². The zero-order valence-corrected chi connectivity index (χ0v) is 26.9. The molecule has 1 aromatic carbocycles. The molecule has 2 aliphatic heterocycles. The van der Waals surface area contributed by atoms with Crippen molar-refractivity contribution in [1.29, 1.82) is 0 Å². The number of cyclic esters (lactones) is 1. The smallest absolute Gasteiger partial charge is 0.415 e. The van der Waals surface area contributed by atoms with E-state index in [9.17, 15) is 21.6 Å². The van der Waals surface area contributed by atoms with Crippen LogP contribution in [0.25, 0.3) is 0 Å². The Labute approximate surface area is 264 Å². The molecule has 3 N–H and O–H groups in total. The molecule has 5 rings (SSSR count). The summed E-state index contributed by atoms with van der Waals surface area (Å²) in [6.07, 6.45) is 7.40. The fourth-order valence-corrected chi connectivity index (χ4v) is 6.25. The average molecular weight is 669 g/mol. The monoisotopic (exact) mass is 668 g/mol. The predicted octanol–water partition coefficient (Wildman–Crippen LogP) is 3.38. The highest BCUT2D eigenvalue weighted by molar-refractivity contribution is 7.94. The van der Waals surface area contributed by atoms with Crippen molar-refractivity contribution < 1.29 is 39.1 Å². The van der Waals surface area contributed by atoms with Crippen LogP contribution in [0.2, 0.25) is 0 Å². The first kappa shape index (κ1) is 34.7. The van der Waals surface area contributed by atoms with Gasteiger partial charge in [0, 0.05) is 51.5 Å². The van der Waals surface area contributed by atoms with Gasteiger partial charge < -0.3 is 10.1 Å². The van der Waals surface area contributed by atoms with Gasteiger partial charge in [0.25, 0.3) is 0 Å². The van der Waals surface area contributed by atoms with E-state index in [0.29, 0.717) is 24.4 Å². The molecule has 0 spiro atoms. The highest BCUT2D eigenvalue weighted by atomic mass is 32.3. The Morgan fingerprint density at radius 1 is 1.09 bits per heavy atom. The molecule has 0 unspecified atom stereocenters. The molecule has 1 saturated heterocycles. The van der Waals surface area contributed by atoms with E-state index < -0.39 is 20.8 Å². The molecule has 1 aliphatic carbocycles. The van der Waals surface area contributed by atoms with Crippen LogP contribution in [-0.4, -0.2) is 91.1 Å². The van der Waals surface area contributed by atoms with Crippen LogP contribution in [0.15, 0.2) is 43.1 Å². The molecule has 0 bridgehead atoms. The number of benzene rings is 1. The molecule has 45 heavy (non-hydrogen) atoms. The number of fused-ring (bicyclic) bond motifs is 1. The number of hydrogen-bond donors (Lipinski definition) is 3. The van der Waals surface area contributed by atoms with E-state index in [2.05, 4.69) is 66.5 Å². The van der Waals surface area contributed by atoms with E-state index >= 15 is 0 Å². The molecule has 2 aromatic rings. The first-order chi connectivity index (χ1) is 21.3. The number of aromatic nitrogens is 2. The van der Waals surface area contributed by atoms with Gasteiger partial charge in [0.15, 0.2) is 0 Å². The maximum absolute atomic E-state index is 12.1. The standard InChI is InChI=1S/C28H38N6O2.H2O7S2/c1-4-12-32-13-15-33(16-14-32)25(17-21-6-7-21)23-10-8-22(9-11-23)20(3)30-27-29-18-24-19-36-28(35)34(5-2)26(24)31-27;1-8(2,3)7-9(4,5)6/h4,8-11,18,20-21,25H,1,5-7,12-17,19H2,2-3H3,(H,29,30,31);(H,1,2,3)(H,4,5,6)/t20-,25-;/m0./s1. The number of nitrogens with zero attached hydrogens (tertiary/aromatic N) is 5. The van der Waals surface area contributed by atoms with Crippen LogP contribution >= 0.6 is 0 Å². The van der Waals surface area contributed by atoms with Crippen LogP contribution in [0.4, 0.5) is 16.6 Å². The lowest BCUT2D eigenvalue weighted by molar-refractivity contribution is 0.0959. The Morgan fingerprint density at radius 2 is 1.71 bits per heavy atom. The molecule has 0 radical (unpaired) electrons. The maximum atomic E-state index is 12.1. The fourth-order valence-electron chi connectivity index (χ4n) is 5.38. The number of amides is 1. The molecular formula is C28H40N6O9S2. The van der Waals surface area contributed by atoms with Crippen molar-refractivity contribution in [3.05, 3.63) is 59.8 Å². The number of hydrogen-bond acceptors (Lipinski definition) is 12. The molecule has 3 heterocycles. The van der Waals surface area contributed by atoms with E-state index in [1.165, 1.54) is 30.4 Å². The van der Waals surface area contributed by atoms with Gasteiger partial charge in [0.05, 0.1) is 11.6 Å². The van der Waals surface area contributed by atoms with Gasteiger partial charge in [-0.15, -0.1) is 10.2 Å². The van der Waals surface area contributed by atoms with E-state index in [0.717, 1.165) is 44.2 Å². The Balaban J connectivity index is 0.000000448. The largest absolute Gasteiger partial charge is 0.444 e. The minimum Gasteiger partial charge on any atom is -0.444 e. The van der Waals surface area contributed by atoms with Crippen LogP contribution in [0.1, 0.15) is 61.9 Å². The number of nitrogens with one attached hydrogen (secondary N) is 1. The lowest BCUT2D eigenvalue weighted by atomic mass is 9.96. The minimum absolute atomic E-state index is 0.0343. The van der Waals surface area contributed by atoms with Gasteiger partial charge in [-0.3, -0.25) is 23.8 Å². The van der Waals surface area contributed by atoms with E-state index in [4.69, 9.17) is 13.8 Å². The predicted molar refractivity (Wildman–Crippen MR) is 166 cm³/mol. The van der Waals surface area contributed by atoms with Gasteiger partial charge in [0.2, 0.25) is 5.95 Å². The second kappa shape index (κ2) is 14.9. The maximum Gasteiger partial charge on any atom is 0.415 e. The number of rotatable bonds is 12. The molecule has 2 atom stereocenters. The average Bonchev–Trinajstić information content (AvgIpc) is 3.79. The van der Waals surface area contributed by atoms with Gasteiger partial charge in [-0.25, -0.2) is 9.78 Å². The summed E-state index contributed by atoms with van der Waals surface area (Å²) in [7, 11) is -10.2. The summed E-state index contributed by atoms with van der Waals surface area (Å²) in [5.41, 5.74) is 3.43. The van der Waals surface area contributed by atoms with Crippen LogP contribution in [0.3, 0.4) is 0 Å². The number of carbonyl (C=O) groups is 1. The normalized spacial score (nSPS) is 19.0. The van der Waals surface area contributed by atoms with Crippen LogP contribution in [-0.2, 0) is 35.8 Å². The van der Waals surface area contributed by atoms with Crippen LogP contribution < -0.4 is 10.2 Å². The molecule has 2 fully saturated rings. The van der Waals surface area contributed by atoms with Crippen LogP contribution in [0.5, 0.6) is 0 Å². The van der Waals surface area contributed by atoms with Crippen molar-refractivity contribution in [2.45, 2.75) is 51.8 Å². The summed E-state index contributed by atoms with van der Waals surface area (Å²) in [4.78, 5) is 27.9. The van der Waals surface area contributed by atoms with Crippen molar-refractivity contribution in [3.63, 3.8) is 0 Å². The second-order valence-corrected chi connectivity index (χ2v) is 13.4. The lowest BCUT2D eigenvalue weighted by Gasteiger charge is -2.39. The fraction of sp³-hybridized carbons (Fsp3) is 0.536. The van der Waals surface area contributed by atoms with Crippen molar-refractivity contribution in [1.82, 2.24) is 19.8 Å². The third-order valence-electron chi connectivity index (χ3n) is 7.81. The second-order valence-electron chi connectivity index (χ2n) is 11.1. The lowest BCUT2D eigenvalue weighted by Crippen LogP contribution is -2.47. The van der Waals surface area contributed by atoms with Crippen LogP contribution in [0, 0.1) is 5.92 Å². The van der Waals surface area contributed by atoms with Gasteiger partial charge in [0.1, 0.15) is 12.4 Å². The zero-order chi connectivity index (χ0) is 32.8. The number of ether oxygens (including phenoxy) is 1. The number of piperazine rings is 1. The summed E-state index contributed by atoms with van der Waals surface area (Å²) < 4.78 is 60.8. The van der Waals surface area contributed by atoms with Gasteiger partial charge in [-0.1, -0.05) is 43.2 Å². The van der Waals surface area contributed by atoms with Crippen molar-refractivity contribution >= 4 is 38.7 Å². The first-order valence-electron chi connectivity index (χ1n) is 14.7. The third-order valence-corrected chi connectivity index (χ3v) is 9.19. The minimum atomic E-state index is -5.12. The molecule has 1 saturated carbocycles. The summed E-state index contributed by atoms with van der Waals surface area (Å²) in [6, 6.07) is 9.60. The molecule has 3 aliphatic rings. The van der Waals surface area contributed by atoms with E-state index in [1.54, 1.807) is 11.1 Å². The van der Waals surface area contributed by atoms with Crippen molar-refractivity contribution in [2.75, 3.05) is 49.5 Å². The highest BCUT2D eigenvalue weighted by Crippen LogP contribution is 2.40. The van der Waals surface area contributed by atoms with Gasteiger partial charge >= 0.3 is 26.9 Å². The van der Waals surface area contributed by atoms with Gasteiger partial charge in [-0.05, 0) is 37.3 Å². The number of anilines is 2. The summed E-state index contributed by atoms with van der Waals surface area (Å²) in [6.45, 7) is 14.1. The Bertz CT molecular complexity index is 1510. The van der Waals surface area contributed by atoms with E-state index in [-0.39, 0.29) is 18.7 Å². The number of carbonyl (C=O) groups excluding carboxylic acids is 1. The molecule has 1 amide bonds. The van der Waals surface area contributed by atoms with Crippen molar-refractivity contribution in [3.8, 4) is 0 Å². The Kier molecular flexibility index (Phi) is 11.5. The first-order valence-corrected chi connectivity index (χ1v) is 17.4. The molecule has 248 valence electrons. The quantitative estimate of drug-likeness (QED) is 0.220. The zero-order valence-electron chi connectivity index (χ0n) is 25.3. The summed E-state index contributed by atoms with van der Waals surface area (Å²) in [5.74, 6) is 2.02. The summed E-state index contributed by atoms with van der Waals surface area (Å²) in [5, 5.41) is 3.41. The molecular weight excluding hydrogens is 628 g/mol. The topological polar surface area (TPSA) is 192 Å². The third kappa shape index (κ3) is 10.4. The molecule has 17 heteroatoms. The summed E-state index contributed by atoms with van der Waals surface area (Å²) >= 11 is 0. The Hall–Kier alpha value is -3.19. The van der Waals surface area contributed by atoms with Gasteiger partial charge in [-0.2, -0.15) is 21.8 Å². The van der Waals surface area contributed by atoms with E-state index in [1.807, 2.05) is 13.0 Å². The highest BCUT2D eigenvalue weighted by Gasteiger charge is 2.32.